The maximum absolute atomic E-state index is 9.55. The van der Waals surface area contributed by atoms with E-state index in [1.165, 1.54) is 0 Å². The second-order valence-electron chi connectivity index (χ2n) is 1.03. The minimum absolute atomic E-state index is 0. The third-order valence-electron chi connectivity index (χ3n) is 0.211. The molecular weight excluding hydrogens is 243 g/mol. The molecule has 0 bridgehead atoms. The van der Waals surface area contributed by atoms with Crippen LogP contribution >= 0.6 is 0 Å². The van der Waals surface area contributed by atoms with Crippen LogP contribution in [0.25, 0.3) is 0 Å². The Bertz CT molecular complexity index is 246. The Hall–Kier alpha value is 2.78. The van der Waals surface area contributed by atoms with Gasteiger partial charge in [0.2, 0.25) is 0 Å². The molecule has 0 radical (unpaired) electrons. The van der Waals surface area contributed by atoms with Gasteiger partial charge in [-0.15, -0.1) is 0 Å². The molecule has 0 aromatic rings. The summed E-state index contributed by atoms with van der Waals surface area (Å²) in [4.78, 5) is 0. The molecule has 12 heteroatoms. The summed E-state index contributed by atoms with van der Waals surface area (Å²) in [6, 6.07) is 0. The van der Waals surface area contributed by atoms with Gasteiger partial charge in [-0.2, -0.15) is 16.8 Å². The molecular formula is H6NNa3O6S2. The molecule has 62 valence electrons. The molecule has 0 aromatic heterocycles. The molecule has 0 saturated heterocycles. The fourth-order valence-electron chi connectivity index (χ4n) is 0.133. The first-order valence-corrected chi connectivity index (χ1v) is 4.32. The summed E-state index contributed by atoms with van der Waals surface area (Å²) < 4.78 is 54.1. The van der Waals surface area contributed by atoms with Crippen LogP contribution in [0, 0.1) is 0 Å². The number of hydrogen-bond donors (Lipinski definition) is 3. The average Bonchev–Trinajstić information content (AvgIpc) is 1.14. The van der Waals surface area contributed by atoms with Crippen molar-refractivity contribution in [2.75, 3.05) is 0 Å². The summed E-state index contributed by atoms with van der Waals surface area (Å²) >= 11 is 0. The summed E-state index contributed by atoms with van der Waals surface area (Å²) in [5, 5.41) is 0. The summed E-state index contributed by atoms with van der Waals surface area (Å²) in [7, 11) is -9.74. The van der Waals surface area contributed by atoms with Gasteiger partial charge in [-0.05, 0) is 0 Å². The van der Waals surface area contributed by atoms with Crippen molar-refractivity contribution >= 4 is 109 Å². The quantitative estimate of drug-likeness (QED) is 0.341. The molecule has 0 heterocycles. The first-order chi connectivity index (χ1) is 3.71. The summed E-state index contributed by atoms with van der Waals surface area (Å²) in [5.41, 5.74) is 0. The molecule has 0 aliphatic heterocycles. The SMILES string of the molecule is O=S(=O)(O)NS(=O)(=O)O.[NaH].[NaH].[NaH]. The molecule has 0 aliphatic carbocycles. The van der Waals surface area contributed by atoms with E-state index in [1.54, 1.807) is 0 Å². The van der Waals surface area contributed by atoms with E-state index in [1.807, 2.05) is 0 Å². The summed E-state index contributed by atoms with van der Waals surface area (Å²) in [6.45, 7) is 0. The van der Waals surface area contributed by atoms with E-state index >= 15 is 0 Å². The predicted molar refractivity (Wildman–Crippen MR) is 47.7 cm³/mol. The van der Waals surface area contributed by atoms with Gasteiger partial charge in [0.25, 0.3) is 0 Å². The molecule has 3 N–H and O–H groups in total. The second kappa shape index (κ2) is 9.04. The van der Waals surface area contributed by atoms with Gasteiger partial charge in [0.15, 0.2) is 0 Å². The van der Waals surface area contributed by atoms with Gasteiger partial charge in [0.1, 0.15) is 0 Å². The fourth-order valence-corrected chi connectivity index (χ4v) is 1.20. The van der Waals surface area contributed by atoms with Crippen LogP contribution in [0.5, 0.6) is 0 Å². The number of hydrogen-bond acceptors (Lipinski definition) is 4. The molecule has 0 spiro atoms. The van der Waals surface area contributed by atoms with Gasteiger partial charge >= 0.3 is 109 Å². The molecule has 0 amide bonds. The second-order valence-corrected chi connectivity index (χ2v) is 3.60. The van der Waals surface area contributed by atoms with Crippen LogP contribution in [0.4, 0.5) is 0 Å². The Morgan fingerprint density at radius 1 is 0.750 bits per heavy atom. The molecule has 12 heavy (non-hydrogen) atoms. The van der Waals surface area contributed by atoms with E-state index in [0.29, 0.717) is 4.13 Å². The molecule has 0 unspecified atom stereocenters. The van der Waals surface area contributed by atoms with E-state index in [9.17, 15) is 16.8 Å². The van der Waals surface area contributed by atoms with Crippen LogP contribution in [0.1, 0.15) is 0 Å². The number of rotatable bonds is 2. The van der Waals surface area contributed by atoms with Crippen molar-refractivity contribution in [2.24, 2.45) is 0 Å². The fraction of sp³-hybridized carbons (Fsp3) is 0. The zero-order valence-electron chi connectivity index (χ0n) is 3.84. The topological polar surface area (TPSA) is 121 Å². The molecule has 0 aliphatic rings. The van der Waals surface area contributed by atoms with Crippen molar-refractivity contribution in [2.45, 2.75) is 0 Å². The Morgan fingerprint density at radius 3 is 0.917 bits per heavy atom. The van der Waals surface area contributed by atoms with E-state index in [-0.39, 0.29) is 88.7 Å². The van der Waals surface area contributed by atoms with Crippen molar-refractivity contribution in [1.29, 1.82) is 0 Å². The van der Waals surface area contributed by atoms with Gasteiger partial charge in [-0.25, -0.2) is 0 Å². The van der Waals surface area contributed by atoms with Gasteiger partial charge in [0, 0.05) is 0 Å². The Balaban J connectivity index is -0.000000107. The summed E-state index contributed by atoms with van der Waals surface area (Å²) in [6.07, 6.45) is 0. The average molecular weight is 249 g/mol. The predicted octanol–water partition coefficient (Wildman–Crippen LogP) is -3.76. The monoisotopic (exact) mass is 249 g/mol. The van der Waals surface area contributed by atoms with Crippen LogP contribution in [0.15, 0.2) is 0 Å². The van der Waals surface area contributed by atoms with Gasteiger partial charge in [0.05, 0.1) is 0 Å². The van der Waals surface area contributed by atoms with Crippen molar-refractivity contribution < 1.29 is 25.9 Å². The van der Waals surface area contributed by atoms with Crippen LogP contribution in [0.3, 0.4) is 0 Å². The van der Waals surface area contributed by atoms with E-state index in [0.717, 1.165) is 0 Å². The summed E-state index contributed by atoms with van der Waals surface area (Å²) in [5.74, 6) is 0. The number of nitrogens with one attached hydrogen (secondary N) is 1. The molecule has 0 atom stereocenters. The third kappa shape index (κ3) is 23.0. The van der Waals surface area contributed by atoms with Gasteiger partial charge < -0.3 is 0 Å². The molecule has 7 nitrogen and oxygen atoms in total. The normalized spacial score (nSPS) is 10.2. The van der Waals surface area contributed by atoms with Crippen molar-refractivity contribution in [3.05, 3.63) is 0 Å². The van der Waals surface area contributed by atoms with Crippen LogP contribution in [-0.2, 0) is 20.6 Å². The molecule has 0 fully saturated rings. The van der Waals surface area contributed by atoms with E-state index < -0.39 is 20.6 Å². The van der Waals surface area contributed by atoms with Crippen LogP contribution in [-0.4, -0.2) is 115 Å². The zero-order chi connectivity index (χ0) is 7.71. The Morgan fingerprint density at radius 2 is 0.917 bits per heavy atom. The third-order valence-corrected chi connectivity index (χ3v) is 1.90. The van der Waals surface area contributed by atoms with Crippen molar-refractivity contribution in [1.82, 2.24) is 4.13 Å². The molecule has 0 rings (SSSR count). The van der Waals surface area contributed by atoms with Crippen LogP contribution in [0.2, 0.25) is 0 Å². The minimum atomic E-state index is -4.87. The first kappa shape index (κ1) is 24.2. The van der Waals surface area contributed by atoms with Crippen LogP contribution < -0.4 is 4.13 Å². The van der Waals surface area contributed by atoms with Crippen molar-refractivity contribution in [3.8, 4) is 0 Å². The van der Waals surface area contributed by atoms with Gasteiger partial charge in [-0.3, -0.25) is 9.11 Å². The van der Waals surface area contributed by atoms with E-state index in [2.05, 4.69) is 0 Å². The van der Waals surface area contributed by atoms with Gasteiger partial charge in [-0.1, -0.05) is 4.13 Å². The maximum atomic E-state index is 9.55. The standard InChI is InChI=1S/H3NO6S2.3Na.3H/c2-8(3,4)1-9(5,6)7;;;;;;/h1H,(H,2,3,4)(H,5,6,7);;;;;;. The molecule has 0 aromatic carbocycles. The Labute approximate surface area is 137 Å². The molecule has 0 saturated carbocycles. The van der Waals surface area contributed by atoms with E-state index in [4.69, 9.17) is 9.11 Å². The van der Waals surface area contributed by atoms with Crippen molar-refractivity contribution in [3.63, 3.8) is 0 Å². The Kier molecular flexibility index (Phi) is 18.2. The zero-order valence-corrected chi connectivity index (χ0v) is 5.48. The first-order valence-electron chi connectivity index (χ1n) is 1.44.